The minimum Gasteiger partial charge on any atom is -0.550 e. The maximum absolute atomic E-state index is 11.5. The van der Waals surface area contributed by atoms with E-state index in [9.17, 15) is 9.59 Å². The van der Waals surface area contributed by atoms with Gasteiger partial charge in [-0.05, 0) is 13.3 Å². The molecule has 0 aromatic rings. The number of likely N-dealkylation sites (N-methyl/N-ethyl adjacent to an activating group) is 1. The fourth-order valence-corrected chi connectivity index (χ4v) is 2.07. The number of aliphatic carboxylic acids is 2. The van der Waals surface area contributed by atoms with Gasteiger partial charge in [0.25, 0.3) is 0 Å². The van der Waals surface area contributed by atoms with Crippen LogP contribution in [0.2, 0.25) is 0 Å². The number of hydrogen-bond donors (Lipinski definition) is 1. The molecular weight excluding hydrogens is 321 g/mol. The van der Waals surface area contributed by atoms with E-state index in [1.54, 1.807) is 7.05 Å². The molecule has 1 N–H and O–H groups in total. The van der Waals surface area contributed by atoms with Gasteiger partial charge in [0.15, 0.2) is 0 Å². The van der Waals surface area contributed by atoms with E-state index in [0.29, 0.717) is 6.42 Å². The molecule has 0 aliphatic heterocycles. The summed E-state index contributed by atoms with van der Waals surface area (Å²) in [5.74, 6) is -2.10. The number of hydrogen-bond acceptors (Lipinski definition) is 4. The van der Waals surface area contributed by atoms with Crippen molar-refractivity contribution in [2.75, 3.05) is 13.6 Å². The zero-order valence-corrected chi connectivity index (χ0v) is 17.8. The number of carbonyl (C=O) groups excluding carboxylic acids is 2. The van der Waals surface area contributed by atoms with Gasteiger partial charge >= 0.3 is 35.5 Å². The number of nitrogens with zero attached hydrogens (tertiary/aromatic N) is 1. The third-order valence-corrected chi connectivity index (χ3v) is 3.29. The van der Waals surface area contributed by atoms with E-state index < -0.39 is 11.9 Å². The van der Waals surface area contributed by atoms with Gasteiger partial charge in [0.1, 0.15) is 6.54 Å². The maximum Gasteiger partial charge on any atom is 1.00 e. The molecule has 0 aliphatic rings. The third-order valence-electron chi connectivity index (χ3n) is 3.29. The first-order chi connectivity index (χ1) is 10.8. The molecule has 0 radical (unpaired) electrons. The zero-order valence-electron chi connectivity index (χ0n) is 15.8. The summed E-state index contributed by atoms with van der Waals surface area (Å²) < 4.78 is 0. The van der Waals surface area contributed by atoms with Crippen LogP contribution < -0.4 is 34.7 Å². The standard InChI is InChI=1S/C15H29NO3.C2H4O2.Na/c1-3-4-5-6-7-8-9-10-11-12-14(17)16(2)13-15(18)19;1-2(3)4;/h3-13H2,1-2H3,(H,18,19);1H3,(H,3,4);/q;;+1/p-1. The molecule has 0 bridgehead atoms. The topological polar surface area (TPSA) is 97.7 Å². The molecular formula is C17H32NNaO5. The SMILES string of the molecule is CC(=O)[O-].CCCCCCCCCCCC(=O)N(C)CC(=O)O.[Na+]. The Kier molecular flexibility index (Phi) is 24.1. The van der Waals surface area contributed by atoms with Crippen molar-refractivity contribution < 1.29 is 54.2 Å². The summed E-state index contributed by atoms with van der Waals surface area (Å²) >= 11 is 0. The van der Waals surface area contributed by atoms with Crippen molar-refractivity contribution in [2.24, 2.45) is 0 Å². The third kappa shape index (κ3) is 26.3. The molecule has 0 spiro atoms. The van der Waals surface area contributed by atoms with Crippen LogP contribution in [0.4, 0.5) is 0 Å². The van der Waals surface area contributed by atoms with Crippen molar-refractivity contribution >= 4 is 17.8 Å². The van der Waals surface area contributed by atoms with E-state index in [4.69, 9.17) is 15.0 Å². The van der Waals surface area contributed by atoms with Gasteiger partial charge in [-0.25, -0.2) is 0 Å². The average Bonchev–Trinajstić information content (AvgIpc) is 2.44. The molecule has 24 heavy (non-hydrogen) atoms. The van der Waals surface area contributed by atoms with Crippen LogP contribution in [0.5, 0.6) is 0 Å². The van der Waals surface area contributed by atoms with Gasteiger partial charge < -0.3 is 19.9 Å². The number of amides is 1. The monoisotopic (exact) mass is 353 g/mol. The number of carboxylic acid groups (broad SMARTS) is 2. The van der Waals surface area contributed by atoms with Gasteiger partial charge in [-0.15, -0.1) is 0 Å². The van der Waals surface area contributed by atoms with E-state index >= 15 is 0 Å². The summed E-state index contributed by atoms with van der Waals surface area (Å²) in [5.41, 5.74) is 0. The Morgan fingerprint density at radius 1 is 0.917 bits per heavy atom. The Morgan fingerprint density at radius 2 is 1.29 bits per heavy atom. The van der Waals surface area contributed by atoms with E-state index in [0.717, 1.165) is 19.8 Å². The number of rotatable bonds is 12. The molecule has 0 atom stereocenters. The molecule has 0 rings (SSSR count). The van der Waals surface area contributed by atoms with Gasteiger partial charge in [0, 0.05) is 19.4 Å². The van der Waals surface area contributed by atoms with Crippen molar-refractivity contribution in [1.82, 2.24) is 4.90 Å². The molecule has 1 amide bonds. The smallest absolute Gasteiger partial charge is 0.550 e. The van der Waals surface area contributed by atoms with Crippen molar-refractivity contribution in [2.45, 2.75) is 78.1 Å². The Labute approximate surface area is 168 Å². The normalized spacial score (nSPS) is 9.29. The fraction of sp³-hybridized carbons (Fsp3) is 0.824. The van der Waals surface area contributed by atoms with Gasteiger partial charge in [-0.3, -0.25) is 9.59 Å². The van der Waals surface area contributed by atoms with Crippen LogP contribution in [0, 0.1) is 0 Å². The van der Waals surface area contributed by atoms with Crippen LogP contribution in [0.1, 0.15) is 78.1 Å². The van der Waals surface area contributed by atoms with Crippen LogP contribution in [-0.2, 0) is 14.4 Å². The Bertz CT molecular complexity index is 333. The van der Waals surface area contributed by atoms with Crippen molar-refractivity contribution in [1.29, 1.82) is 0 Å². The van der Waals surface area contributed by atoms with E-state index in [-0.39, 0.29) is 42.0 Å². The molecule has 0 fully saturated rings. The van der Waals surface area contributed by atoms with Crippen molar-refractivity contribution in [3.63, 3.8) is 0 Å². The average molecular weight is 353 g/mol. The minimum absolute atomic E-state index is 0. The van der Waals surface area contributed by atoms with Gasteiger partial charge in [0.05, 0.1) is 0 Å². The van der Waals surface area contributed by atoms with E-state index in [1.807, 2.05) is 0 Å². The second-order valence-electron chi connectivity index (χ2n) is 5.71. The number of unbranched alkanes of at least 4 members (excludes halogenated alkanes) is 8. The molecule has 0 heterocycles. The van der Waals surface area contributed by atoms with Crippen LogP contribution in [0.15, 0.2) is 0 Å². The summed E-state index contributed by atoms with van der Waals surface area (Å²) in [6.45, 7) is 2.99. The first-order valence-electron chi connectivity index (χ1n) is 8.44. The molecule has 6 nitrogen and oxygen atoms in total. The molecule has 0 saturated heterocycles. The molecule has 0 saturated carbocycles. The summed E-state index contributed by atoms with van der Waals surface area (Å²) in [5, 5.41) is 17.5. The van der Waals surface area contributed by atoms with Crippen LogP contribution in [0.3, 0.4) is 0 Å². The molecule has 0 aromatic heterocycles. The van der Waals surface area contributed by atoms with E-state index in [2.05, 4.69) is 6.92 Å². The second-order valence-corrected chi connectivity index (χ2v) is 5.71. The Hall–Kier alpha value is -0.590. The Balaban J connectivity index is -0.000000787. The summed E-state index contributed by atoms with van der Waals surface area (Å²) in [7, 11) is 1.55. The quantitative estimate of drug-likeness (QED) is 0.366. The van der Waals surface area contributed by atoms with Gasteiger partial charge in [-0.2, -0.15) is 0 Å². The van der Waals surface area contributed by atoms with Crippen LogP contribution in [-0.4, -0.2) is 41.4 Å². The van der Waals surface area contributed by atoms with Gasteiger partial charge in [0.2, 0.25) is 5.91 Å². The van der Waals surface area contributed by atoms with Crippen molar-refractivity contribution in [3.05, 3.63) is 0 Å². The van der Waals surface area contributed by atoms with Crippen LogP contribution >= 0.6 is 0 Å². The molecule has 136 valence electrons. The molecule has 7 heteroatoms. The van der Waals surface area contributed by atoms with Gasteiger partial charge in [-0.1, -0.05) is 58.3 Å². The Morgan fingerprint density at radius 3 is 1.67 bits per heavy atom. The minimum atomic E-state index is -1.08. The second kappa shape index (κ2) is 20.5. The molecule has 0 unspecified atom stereocenters. The predicted molar refractivity (Wildman–Crippen MR) is 87.8 cm³/mol. The summed E-state index contributed by atoms with van der Waals surface area (Å²) in [4.78, 5) is 32.2. The summed E-state index contributed by atoms with van der Waals surface area (Å²) in [6.07, 6.45) is 11.4. The first kappa shape index (κ1) is 28.2. The first-order valence-corrected chi connectivity index (χ1v) is 8.44. The molecule has 0 aliphatic carbocycles. The largest absolute Gasteiger partial charge is 1.00 e. The number of carbonyl (C=O) groups is 3. The fourth-order valence-electron chi connectivity index (χ4n) is 2.07. The maximum atomic E-state index is 11.5. The van der Waals surface area contributed by atoms with E-state index in [1.165, 1.54) is 49.8 Å². The predicted octanol–water partition coefficient (Wildman–Crippen LogP) is -0.789. The molecule has 0 aromatic carbocycles. The number of carboxylic acids is 2. The van der Waals surface area contributed by atoms with Crippen molar-refractivity contribution in [3.8, 4) is 0 Å². The van der Waals surface area contributed by atoms with Crippen LogP contribution in [0.25, 0.3) is 0 Å². The summed E-state index contributed by atoms with van der Waals surface area (Å²) in [6, 6.07) is 0. The zero-order chi connectivity index (χ0) is 18.1.